The summed E-state index contributed by atoms with van der Waals surface area (Å²) in [7, 11) is 0. The number of piperazine rings is 1. The van der Waals surface area contributed by atoms with E-state index in [1.54, 1.807) is 18.5 Å². The zero-order valence-corrected chi connectivity index (χ0v) is 17.6. The van der Waals surface area contributed by atoms with Crippen LogP contribution in [0.2, 0.25) is 0 Å². The first kappa shape index (κ1) is 19.9. The molecule has 0 radical (unpaired) electrons. The molecule has 2 aromatic heterocycles. The first-order valence-electron chi connectivity index (χ1n) is 10.7. The Bertz CT molecular complexity index is 1250. The highest BCUT2D eigenvalue weighted by molar-refractivity contribution is 5.94. The van der Waals surface area contributed by atoms with Gasteiger partial charge in [0.15, 0.2) is 0 Å². The largest absolute Gasteiger partial charge is 0.337 e. The van der Waals surface area contributed by atoms with E-state index in [0.717, 1.165) is 41.2 Å². The van der Waals surface area contributed by atoms with Crippen molar-refractivity contribution in [3.05, 3.63) is 95.9 Å². The summed E-state index contributed by atoms with van der Waals surface area (Å²) >= 11 is 0. The van der Waals surface area contributed by atoms with Gasteiger partial charge in [0.25, 0.3) is 5.91 Å². The number of pyridine rings is 1. The van der Waals surface area contributed by atoms with Crippen LogP contribution in [0.1, 0.15) is 21.6 Å². The molecule has 6 nitrogen and oxygen atoms in total. The lowest BCUT2D eigenvalue weighted by Gasteiger charge is -2.34. The molecule has 2 aromatic carbocycles. The number of benzene rings is 2. The Kier molecular flexibility index (Phi) is 5.58. The van der Waals surface area contributed by atoms with Gasteiger partial charge in [-0.3, -0.25) is 4.79 Å². The van der Waals surface area contributed by atoms with Crippen molar-refractivity contribution in [1.82, 2.24) is 19.9 Å². The van der Waals surface area contributed by atoms with Crippen molar-refractivity contribution in [3.63, 3.8) is 0 Å². The molecular weight excluding hydrogens is 398 g/mol. The minimum atomic E-state index is 0.0605. The van der Waals surface area contributed by atoms with Crippen LogP contribution in [0.5, 0.6) is 0 Å². The summed E-state index contributed by atoms with van der Waals surface area (Å²) < 4.78 is 0. The third-order valence-corrected chi connectivity index (χ3v) is 5.63. The molecule has 1 aliphatic rings. The molecule has 6 heteroatoms. The second-order valence-corrected chi connectivity index (χ2v) is 7.71. The Hall–Kier alpha value is -4.06. The summed E-state index contributed by atoms with van der Waals surface area (Å²) in [5.74, 6) is 0.780. The van der Waals surface area contributed by atoms with Crippen LogP contribution in [0.3, 0.4) is 0 Å². The molecule has 0 atom stereocenters. The average molecular weight is 422 g/mol. The summed E-state index contributed by atoms with van der Waals surface area (Å²) in [5, 5.41) is 1.13. The maximum Gasteiger partial charge on any atom is 0.253 e. The SMILES string of the molecule is O=C(c1ccc(C=Cc2ccc3ccccc3n2)cc1)N1CCN(c2ncccn2)CC1. The summed E-state index contributed by atoms with van der Waals surface area (Å²) in [4.78, 5) is 30.2. The van der Waals surface area contributed by atoms with Crippen LogP contribution in [-0.2, 0) is 0 Å². The van der Waals surface area contributed by atoms with Crippen molar-refractivity contribution < 1.29 is 4.79 Å². The van der Waals surface area contributed by atoms with Gasteiger partial charge in [0, 0.05) is 49.5 Å². The summed E-state index contributed by atoms with van der Waals surface area (Å²) in [5.41, 5.74) is 3.62. The topological polar surface area (TPSA) is 62.2 Å². The molecule has 4 aromatic rings. The fourth-order valence-electron chi connectivity index (χ4n) is 3.84. The number of para-hydroxylation sites is 1. The van der Waals surface area contributed by atoms with Crippen LogP contribution >= 0.6 is 0 Å². The number of anilines is 1. The van der Waals surface area contributed by atoms with E-state index in [4.69, 9.17) is 0 Å². The number of aromatic nitrogens is 3. The lowest BCUT2D eigenvalue weighted by Crippen LogP contribution is -2.49. The van der Waals surface area contributed by atoms with Crippen LogP contribution in [0.25, 0.3) is 23.1 Å². The number of carbonyl (C=O) groups is 1. The number of carbonyl (C=O) groups excluding carboxylic acids is 1. The first-order chi connectivity index (χ1) is 15.8. The number of rotatable bonds is 4. The van der Waals surface area contributed by atoms with Crippen molar-refractivity contribution in [2.75, 3.05) is 31.1 Å². The van der Waals surface area contributed by atoms with E-state index >= 15 is 0 Å². The number of hydrogen-bond donors (Lipinski definition) is 0. The molecule has 1 fully saturated rings. The van der Waals surface area contributed by atoms with Crippen molar-refractivity contribution in [2.45, 2.75) is 0 Å². The predicted molar refractivity (Wildman–Crippen MR) is 127 cm³/mol. The highest BCUT2D eigenvalue weighted by Crippen LogP contribution is 2.16. The van der Waals surface area contributed by atoms with Gasteiger partial charge >= 0.3 is 0 Å². The van der Waals surface area contributed by atoms with Crippen molar-refractivity contribution in [1.29, 1.82) is 0 Å². The molecule has 0 spiro atoms. The molecule has 0 bridgehead atoms. The number of amides is 1. The zero-order chi connectivity index (χ0) is 21.8. The van der Waals surface area contributed by atoms with E-state index in [2.05, 4.69) is 32.0 Å². The van der Waals surface area contributed by atoms with Crippen LogP contribution < -0.4 is 4.90 Å². The molecule has 0 aliphatic carbocycles. The van der Waals surface area contributed by atoms with Gasteiger partial charge in [-0.1, -0.05) is 42.5 Å². The monoisotopic (exact) mass is 421 g/mol. The Morgan fingerprint density at radius 2 is 1.53 bits per heavy atom. The predicted octanol–water partition coefficient (Wildman–Crippen LogP) is 4.16. The highest BCUT2D eigenvalue weighted by Gasteiger charge is 2.23. The first-order valence-corrected chi connectivity index (χ1v) is 10.7. The van der Waals surface area contributed by atoms with Crippen LogP contribution in [-0.4, -0.2) is 51.9 Å². The van der Waals surface area contributed by atoms with Crippen molar-refractivity contribution >= 4 is 34.9 Å². The molecule has 3 heterocycles. The molecule has 1 aliphatic heterocycles. The normalized spacial score (nSPS) is 14.2. The minimum Gasteiger partial charge on any atom is -0.337 e. The lowest BCUT2D eigenvalue weighted by molar-refractivity contribution is 0.0746. The minimum absolute atomic E-state index is 0.0605. The smallest absolute Gasteiger partial charge is 0.253 e. The molecule has 158 valence electrons. The van der Waals surface area contributed by atoms with Gasteiger partial charge in [-0.25, -0.2) is 15.0 Å². The molecule has 1 amide bonds. The Labute approximate surface area is 186 Å². The number of nitrogens with zero attached hydrogens (tertiary/aromatic N) is 5. The number of hydrogen-bond acceptors (Lipinski definition) is 5. The van der Waals surface area contributed by atoms with Gasteiger partial charge in [-0.2, -0.15) is 0 Å². The van der Waals surface area contributed by atoms with E-state index in [-0.39, 0.29) is 5.91 Å². The average Bonchev–Trinajstić information content (AvgIpc) is 2.88. The Morgan fingerprint density at radius 1 is 0.781 bits per heavy atom. The standard InChI is InChI=1S/C26H23N5O/c32-25(30-16-18-31(19-17-30)26-27-14-3-15-28-26)22-9-6-20(7-10-22)8-12-23-13-11-21-4-1-2-5-24(21)29-23/h1-15H,16-19H2. The van der Waals surface area contributed by atoms with E-state index < -0.39 is 0 Å². The van der Waals surface area contributed by atoms with E-state index in [1.807, 2.05) is 65.6 Å². The Morgan fingerprint density at radius 3 is 2.31 bits per heavy atom. The van der Waals surface area contributed by atoms with Crippen LogP contribution in [0.4, 0.5) is 5.95 Å². The highest BCUT2D eigenvalue weighted by atomic mass is 16.2. The van der Waals surface area contributed by atoms with E-state index in [9.17, 15) is 4.79 Å². The lowest BCUT2D eigenvalue weighted by atomic mass is 10.1. The fraction of sp³-hybridized carbons (Fsp3) is 0.154. The molecule has 0 unspecified atom stereocenters. The molecule has 0 saturated carbocycles. The fourth-order valence-corrected chi connectivity index (χ4v) is 3.84. The summed E-state index contributed by atoms with van der Waals surface area (Å²) in [6, 6.07) is 21.7. The molecule has 32 heavy (non-hydrogen) atoms. The summed E-state index contributed by atoms with van der Waals surface area (Å²) in [6.45, 7) is 2.78. The van der Waals surface area contributed by atoms with Gasteiger partial charge < -0.3 is 9.80 Å². The van der Waals surface area contributed by atoms with E-state index in [1.165, 1.54) is 0 Å². The van der Waals surface area contributed by atoms with Gasteiger partial charge in [-0.05, 0) is 42.0 Å². The zero-order valence-electron chi connectivity index (χ0n) is 17.6. The van der Waals surface area contributed by atoms with Gasteiger partial charge in [0.1, 0.15) is 0 Å². The van der Waals surface area contributed by atoms with E-state index in [0.29, 0.717) is 18.7 Å². The summed E-state index contributed by atoms with van der Waals surface area (Å²) in [6.07, 6.45) is 7.50. The third kappa shape index (κ3) is 4.34. The molecular formula is C26H23N5O. The number of fused-ring (bicyclic) bond motifs is 1. The Balaban J connectivity index is 1.21. The quantitative estimate of drug-likeness (QED) is 0.495. The molecule has 5 rings (SSSR count). The van der Waals surface area contributed by atoms with Gasteiger partial charge in [0.2, 0.25) is 5.95 Å². The second-order valence-electron chi connectivity index (χ2n) is 7.71. The van der Waals surface area contributed by atoms with Crippen LogP contribution in [0, 0.1) is 0 Å². The van der Waals surface area contributed by atoms with Gasteiger partial charge in [-0.15, -0.1) is 0 Å². The maximum absolute atomic E-state index is 12.9. The molecule has 0 N–H and O–H groups in total. The third-order valence-electron chi connectivity index (χ3n) is 5.63. The van der Waals surface area contributed by atoms with Gasteiger partial charge in [0.05, 0.1) is 11.2 Å². The maximum atomic E-state index is 12.9. The second kappa shape index (κ2) is 8.98. The van der Waals surface area contributed by atoms with Crippen molar-refractivity contribution in [3.8, 4) is 0 Å². The molecule has 1 saturated heterocycles. The van der Waals surface area contributed by atoms with Crippen LogP contribution in [0.15, 0.2) is 79.1 Å². The van der Waals surface area contributed by atoms with Crippen molar-refractivity contribution in [2.24, 2.45) is 0 Å².